The van der Waals surface area contributed by atoms with Gasteiger partial charge in [-0.05, 0) is 36.8 Å². The summed E-state index contributed by atoms with van der Waals surface area (Å²) >= 11 is 6.11. The van der Waals surface area contributed by atoms with Crippen molar-refractivity contribution in [3.63, 3.8) is 0 Å². The molecule has 2 aromatic carbocycles. The molecule has 168 valence electrons. The van der Waals surface area contributed by atoms with Crippen molar-refractivity contribution in [3.05, 3.63) is 95.7 Å². The Balaban J connectivity index is 1.87. The van der Waals surface area contributed by atoms with Crippen molar-refractivity contribution in [2.45, 2.75) is 11.3 Å². The summed E-state index contributed by atoms with van der Waals surface area (Å²) < 4.78 is 27.5. The summed E-state index contributed by atoms with van der Waals surface area (Å²) in [6.45, 7) is 0. The number of aliphatic carboxylic acids is 1. The van der Waals surface area contributed by atoms with Crippen LogP contribution >= 0.6 is 11.6 Å². The highest BCUT2D eigenvalue weighted by molar-refractivity contribution is 7.90. The zero-order valence-corrected chi connectivity index (χ0v) is 18.6. The van der Waals surface area contributed by atoms with Crippen LogP contribution in [0.2, 0.25) is 5.02 Å². The SMILES string of the molecule is O=C(O)C1(C(=O)C=C(O)c2cn(S(=O)(=O)c3ccccc3)c3ccc(Cl)cc23)C=CC=CC1. The van der Waals surface area contributed by atoms with Crippen LogP contribution in [0.4, 0.5) is 0 Å². The first-order valence-corrected chi connectivity index (χ1v) is 11.6. The van der Waals surface area contributed by atoms with Gasteiger partial charge in [-0.15, -0.1) is 0 Å². The summed E-state index contributed by atoms with van der Waals surface area (Å²) in [7, 11) is -4.03. The molecule has 0 aliphatic heterocycles. The van der Waals surface area contributed by atoms with Gasteiger partial charge in [-0.25, -0.2) is 12.4 Å². The number of hydrogen-bond acceptors (Lipinski definition) is 5. The van der Waals surface area contributed by atoms with Crippen molar-refractivity contribution in [3.8, 4) is 0 Å². The lowest BCUT2D eigenvalue weighted by Gasteiger charge is -2.23. The molecule has 1 heterocycles. The molecule has 0 amide bonds. The van der Waals surface area contributed by atoms with Crippen LogP contribution in [-0.2, 0) is 19.6 Å². The first kappa shape index (κ1) is 22.6. The monoisotopic (exact) mass is 483 g/mol. The molecule has 9 heteroatoms. The van der Waals surface area contributed by atoms with Crippen molar-refractivity contribution in [2.75, 3.05) is 0 Å². The standard InChI is InChI=1S/C24H18ClNO6S/c25-16-9-10-20-18(13-16)19(15-26(20)33(31,32)17-7-3-1-4-8-17)21(27)14-22(28)24(23(29)30)11-5-2-6-12-24/h1-11,13-15,27H,12H2,(H,29,30). The van der Waals surface area contributed by atoms with Gasteiger partial charge in [-0.2, -0.15) is 0 Å². The Morgan fingerprint density at radius 1 is 1.06 bits per heavy atom. The molecular weight excluding hydrogens is 466 g/mol. The number of carboxylic acid groups (broad SMARTS) is 1. The van der Waals surface area contributed by atoms with E-state index < -0.39 is 32.9 Å². The van der Waals surface area contributed by atoms with Crippen LogP contribution in [0.5, 0.6) is 0 Å². The largest absolute Gasteiger partial charge is 0.507 e. The molecule has 0 saturated heterocycles. The van der Waals surface area contributed by atoms with E-state index in [4.69, 9.17) is 11.6 Å². The molecule has 3 aromatic rings. The van der Waals surface area contributed by atoms with Crippen molar-refractivity contribution in [2.24, 2.45) is 5.41 Å². The van der Waals surface area contributed by atoms with Gasteiger partial charge in [0.05, 0.1) is 10.4 Å². The molecular formula is C24H18ClNO6S. The van der Waals surface area contributed by atoms with E-state index in [1.807, 2.05) is 0 Å². The fourth-order valence-electron chi connectivity index (χ4n) is 3.68. The van der Waals surface area contributed by atoms with Crippen LogP contribution in [0, 0.1) is 5.41 Å². The molecule has 0 spiro atoms. The van der Waals surface area contributed by atoms with Crippen molar-refractivity contribution >= 4 is 50.0 Å². The number of benzene rings is 2. The number of halogens is 1. The average molecular weight is 484 g/mol. The van der Waals surface area contributed by atoms with Gasteiger partial charge in [-0.3, -0.25) is 9.59 Å². The van der Waals surface area contributed by atoms with E-state index in [-0.39, 0.29) is 27.8 Å². The van der Waals surface area contributed by atoms with Gasteiger partial charge in [0.1, 0.15) is 5.76 Å². The summed E-state index contributed by atoms with van der Waals surface area (Å²) in [5.74, 6) is -2.77. The molecule has 0 radical (unpaired) electrons. The number of aliphatic hydroxyl groups excluding tert-OH is 1. The van der Waals surface area contributed by atoms with Gasteiger partial charge in [-0.1, -0.05) is 54.1 Å². The lowest BCUT2D eigenvalue weighted by Crippen LogP contribution is -2.37. The van der Waals surface area contributed by atoms with E-state index in [0.29, 0.717) is 5.02 Å². The van der Waals surface area contributed by atoms with Gasteiger partial charge in [0.25, 0.3) is 10.0 Å². The molecule has 0 saturated carbocycles. The molecule has 7 nitrogen and oxygen atoms in total. The highest BCUT2D eigenvalue weighted by Gasteiger charge is 2.42. The molecule has 1 aromatic heterocycles. The van der Waals surface area contributed by atoms with E-state index >= 15 is 0 Å². The molecule has 1 atom stereocenters. The molecule has 0 bridgehead atoms. The Morgan fingerprint density at radius 2 is 1.79 bits per heavy atom. The molecule has 33 heavy (non-hydrogen) atoms. The number of ketones is 1. The summed E-state index contributed by atoms with van der Waals surface area (Å²) in [6, 6.07) is 12.2. The highest BCUT2D eigenvalue weighted by atomic mass is 35.5. The molecule has 1 unspecified atom stereocenters. The molecule has 2 N–H and O–H groups in total. The number of allylic oxidation sites excluding steroid dienone is 4. The predicted octanol–water partition coefficient (Wildman–Crippen LogP) is 4.59. The highest BCUT2D eigenvalue weighted by Crippen LogP contribution is 2.34. The van der Waals surface area contributed by atoms with Crippen LogP contribution in [0.25, 0.3) is 16.7 Å². The van der Waals surface area contributed by atoms with Crippen molar-refractivity contribution in [1.82, 2.24) is 3.97 Å². The second kappa shape index (κ2) is 8.38. The van der Waals surface area contributed by atoms with Crippen molar-refractivity contribution in [1.29, 1.82) is 0 Å². The maximum absolute atomic E-state index is 13.2. The van der Waals surface area contributed by atoms with Crippen LogP contribution in [0.3, 0.4) is 0 Å². The van der Waals surface area contributed by atoms with Crippen LogP contribution in [0.15, 0.2) is 90.0 Å². The average Bonchev–Trinajstić information content (AvgIpc) is 3.19. The third kappa shape index (κ3) is 3.88. The van der Waals surface area contributed by atoms with Gasteiger partial charge >= 0.3 is 5.97 Å². The predicted molar refractivity (Wildman–Crippen MR) is 125 cm³/mol. The summed E-state index contributed by atoms with van der Waals surface area (Å²) in [5.41, 5.74) is -1.59. The maximum atomic E-state index is 13.2. The lowest BCUT2D eigenvalue weighted by atomic mass is 9.77. The number of aromatic nitrogens is 1. The summed E-state index contributed by atoms with van der Waals surface area (Å²) in [5, 5.41) is 21.1. The van der Waals surface area contributed by atoms with Crippen LogP contribution < -0.4 is 0 Å². The van der Waals surface area contributed by atoms with E-state index in [2.05, 4.69) is 0 Å². The third-order valence-electron chi connectivity index (χ3n) is 5.47. The number of aliphatic hydroxyl groups is 1. The molecule has 0 fully saturated rings. The zero-order valence-electron chi connectivity index (χ0n) is 17.1. The second-order valence-electron chi connectivity index (χ2n) is 7.48. The minimum atomic E-state index is -4.03. The Hall–Kier alpha value is -3.62. The Morgan fingerprint density at radius 3 is 2.42 bits per heavy atom. The van der Waals surface area contributed by atoms with E-state index in [1.54, 1.807) is 30.4 Å². The molecule has 1 aliphatic rings. The molecule has 1 aliphatic carbocycles. The number of carbonyl (C=O) groups excluding carboxylic acids is 1. The topological polar surface area (TPSA) is 114 Å². The fraction of sp³-hybridized carbons (Fsp3) is 0.0833. The Labute approximate surface area is 194 Å². The van der Waals surface area contributed by atoms with Gasteiger partial charge in [0, 0.05) is 28.2 Å². The second-order valence-corrected chi connectivity index (χ2v) is 9.73. The van der Waals surface area contributed by atoms with Gasteiger partial charge < -0.3 is 10.2 Å². The number of hydrogen-bond donors (Lipinski definition) is 2. The third-order valence-corrected chi connectivity index (χ3v) is 7.39. The maximum Gasteiger partial charge on any atom is 0.321 e. The van der Waals surface area contributed by atoms with Crippen molar-refractivity contribution < 1.29 is 28.2 Å². The first-order chi connectivity index (χ1) is 15.7. The number of rotatable bonds is 6. The van der Waals surface area contributed by atoms with E-state index in [1.165, 1.54) is 48.7 Å². The number of nitrogens with zero attached hydrogens (tertiary/aromatic N) is 1. The molecule has 4 rings (SSSR count). The van der Waals surface area contributed by atoms with E-state index in [0.717, 1.165) is 10.0 Å². The zero-order chi connectivity index (χ0) is 23.8. The van der Waals surface area contributed by atoms with Gasteiger partial charge in [0.15, 0.2) is 11.2 Å². The summed E-state index contributed by atoms with van der Waals surface area (Å²) in [4.78, 5) is 24.8. The minimum Gasteiger partial charge on any atom is -0.507 e. The smallest absolute Gasteiger partial charge is 0.321 e. The van der Waals surface area contributed by atoms with Gasteiger partial charge in [0.2, 0.25) is 0 Å². The number of carbonyl (C=O) groups is 2. The van der Waals surface area contributed by atoms with Crippen LogP contribution in [0.1, 0.15) is 12.0 Å². The quantitative estimate of drug-likeness (QED) is 0.301. The summed E-state index contributed by atoms with van der Waals surface area (Å²) in [6.07, 6.45) is 7.83. The minimum absolute atomic E-state index is 0.0243. The number of carboxylic acids is 1. The Kier molecular flexibility index (Phi) is 5.73. The first-order valence-electron chi connectivity index (χ1n) is 9.81. The number of fused-ring (bicyclic) bond motifs is 1. The Bertz CT molecular complexity index is 1470. The lowest BCUT2D eigenvalue weighted by molar-refractivity contribution is -0.149. The van der Waals surface area contributed by atoms with Crippen LogP contribution in [-0.4, -0.2) is 34.4 Å². The van der Waals surface area contributed by atoms with E-state index in [9.17, 15) is 28.2 Å². The fourth-order valence-corrected chi connectivity index (χ4v) is 5.24. The normalized spacial score (nSPS) is 18.5.